The van der Waals surface area contributed by atoms with Crippen molar-refractivity contribution in [3.63, 3.8) is 0 Å². The van der Waals surface area contributed by atoms with Gasteiger partial charge >= 0.3 is 0 Å². The van der Waals surface area contributed by atoms with Gasteiger partial charge in [-0.15, -0.1) is 0 Å². The molecule has 0 aliphatic heterocycles. The fourth-order valence-corrected chi connectivity index (χ4v) is 2.40. The minimum atomic E-state index is -0.760. The largest absolute Gasteiger partial charge is 0.389 e. The van der Waals surface area contributed by atoms with Crippen LogP contribution in [0.2, 0.25) is 0 Å². The Kier molecular flexibility index (Phi) is 4.23. The molecular weight excluding hydrogens is 229 g/mol. The highest BCUT2D eigenvalue weighted by Crippen LogP contribution is 2.36. The van der Waals surface area contributed by atoms with Gasteiger partial charge in [0.15, 0.2) is 0 Å². The van der Waals surface area contributed by atoms with E-state index in [-0.39, 0.29) is 5.82 Å². The van der Waals surface area contributed by atoms with Crippen molar-refractivity contribution in [3.05, 3.63) is 29.6 Å². The zero-order valence-corrected chi connectivity index (χ0v) is 11.2. The highest BCUT2D eigenvalue weighted by molar-refractivity contribution is 5.56. The Morgan fingerprint density at radius 3 is 2.72 bits per heavy atom. The molecule has 100 valence electrons. The van der Waals surface area contributed by atoms with E-state index in [0.29, 0.717) is 11.6 Å². The van der Waals surface area contributed by atoms with Crippen LogP contribution in [0.1, 0.15) is 51.2 Å². The number of hydrogen-bond donors (Lipinski definition) is 1. The quantitative estimate of drug-likeness (QED) is 0.834. The number of aliphatic hydroxyl groups excluding tert-OH is 1. The van der Waals surface area contributed by atoms with Crippen molar-refractivity contribution >= 4 is 5.69 Å². The Balaban J connectivity index is 2.31. The fraction of sp³-hybridized carbons (Fsp3) is 0.600. The molecule has 1 fully saturated rings. The average molecular weight is 251 g/mol. The highest BCUT2D eigenvalue weighted by Gasteiger charge is 2.31. The summed E-state index contributed by atoms with van der Waals surface area (Å²) in [5, 5.41) is 9.80. The number of unbranched alkanes of at least 4 members (excludes halogenated alkanes) is 1. The van der Waals surface area contributed by atoms with Gasteiger partial charge in [0, 0.05) is 23.8 Å². The summed E-state index contributed by atoms with van der Waals surface area (Å²) in [7, 11) is 0. The highest BCUT2D eigenvalue weighted by atomic mass is 19.1. The van der Waals surface area contributed by atoms with Crippen molar-refractivity contribution in [1.82, 2.24) is 0 Å². The molecule has 1 aromatic rings. The first kappa shape index (κ1) is 13.3. The topological polar surface area (TPSA) is 23.5 Å². The molecule has 0 radical (unpaired) electrons. The van der Waals surface area contributed by atoms with Gasteiger partial charge in [0.25, 0.3) is 0 Å². The third kappa shape index (κ3) is 2.83. The van der Waals surface area contributed by atoms with E-state index >= 15 is 0 Å². The van der Waals surface area contributed by atoms with Crippen molar-refractivity contribution < 1.29 is 9.50 Å². The smallest absolute Gasteiger partial charge is 0.131 e. The maximum absolute atomic E-state index is 13.9. The summed E-state index contributed by atoms with van der Waals surface area (Å²) >= 11 is 0. The summed E-state index contributed by atoms with van der Waals surface area (Å²) in [6.07, 6.45) is 3.83. The molecule has 1 aliphatic carbocycles. The number of aliphatic hydroxyl groups is 1. The van der Waals surface area contributed by atoms with Crippen LogP contribution in [-0.2, 0) is 0 Å². The van der Waals surface area contributed by atoms with E-state index in [9.17, 15) is 9.50 Å². The molecule has 0 spiro atoms. The lowest BCUT2D eigenvalue weighted by Gasteiger charge is -2.28. The van der Waals surface area contributed by atoms with Crippen molar-refractivity contribution in [1.29, 1.82) is 0 Å². The standard InChI is InChI=1S/C15H22FNO/c1-3-4-10-17(12-8-9-12)14-7-5-6-13(16)15(14)11(2)18/h5-7,11-12,18H,3-4,8-10H2,1-2H3. The molecule has 1 aromatic carbocycles. The van der Waals surface area contributed by atoms with Crippen molar-refractivity contribution in [3.8, 4) is 0 Å². The van der Waals surface area contributed by atoms with Crippen molar-refractivity contribution in [2.24, 2.45) is 0 Å². The Morgan fingerprint density at radius 2 is 2.17 bits per heavy atom. The van der Waals surface area contributed by atoms with E-state index in [1.165, 1.54) is 18.9 Å². The number of halogens is 1. The summed E-state index contributed by atoms with van der Waals surface area (Å²) < 4.78 is 13.9. The van der Waals surface area contributed by atoms with E-state index in [2.05, 4.69) is 11.8 Å². The number of anilines is 1. The Bertz CT molecular complexity index is 401. The van der Waals surface area contributed by atoms with Crippen LogP contribution >= 0.6 is 0 Å². The SMILES string of the molecule is CCCCN(c1cccc(F)c1C(C)O)C1CC1. The lowest BCUT2D eigenvalue weighted by atomic mass is 10.1. The third-order valence-corrected chi connectivity index (χ3v) is 3.50. The second-order valence-corrected chi connectivity index (χ2v) is 5.13. The Hall–Kier alpha value is -1.09. The van der Waals surface area contributed by atoms with Gasteiger partial charge in [0.2, 0.25) is 0 Å². The molecule has 18 heavy (non-hydrogen) atoms. The van der Waals surface area contributed by atoms with E-state index in [1.807, 2.05) is 6.07 Å². The third-order valence-electron chi connectivity index (χ3n) is 3.50. The van der Waals surface area contributed by atoms with Gasteiger partial charge in [0.05, 0.1) is 6.10 Å². The van der Waals surface area contributed by atoms with Crippen LogP contribution in [0.3, 0.4) is 0 Å². The molecule has 1 unspecified atom stereocenters. The molecule has 2 nitrogen and oxygen atoms in total. The Labute approximate surface area is 108 Å². The monoisotopic (exact) mass is 251 g/mol. The van der Waals surface area contributed by atoms with E-state index in [4.69, 9.17) is 0 Å². The van der Waals surface area contributed by atoms with Gasteiger partial charge in [-0.2, -0.15) is 0 Å². The van der Waals surface area contributed by atoms with Crippen LogP contribution in [-0.4, -0.2) is 17.7 Å². The number of nitrogens with zero attached hydrogens (tertiary/aromatic N) is 1. The molecule has 1 aliphatic rings. The molecule has 0 saturated heterocycles. The van der Waals surface area contributed by atoms with Gasteiger partial charge in [0.1, 0.15) is 5.82 Å². The summed E-state index contributed by atoms with van der Waals surface area (Å²) in [6.45, 7) is 4.74. The van der Waals surface area contributed by atoms with Gasteiger partial charge in [-0.1, -0.05) is 19.4 Å². The van der Waals surface area contributed by atoms with Gasteiger partial charge < -0.3 is 10.0 Å². The molecule has 0 bridgehead atoms. The normalized spacial score (nSPS) is 16.7. The van der Waals surface area contributed by atoms with E-state index in [1.54, 1.807) is 13.0 Å². The minimum Gasteiger partial charge on any atom is -0.389 e. The van der Waals surface area contributed by atoms with Gasteiger partial charge in [-0.25, -0.2) is 4.39 Å². The molecule has 0 aromatic heterocycles. The molecule has 1 saturated carbocycles. The van der Waals surface area contributed by atoms with Crippen LogP contribution in [0, 0.1) is 5.82 Å². The zero-order chi connectivity index (χ0) is 13.1. The van der Waals surface area contributed by atoms with E-state index < -0.39 is 6.10 Å². The molecule has 1 atom stereocenters. The summed E-state index contributed by atoms with van der Waals surface area (Å²) in [5.41, 5.74) is 1.32. The second-order valence-electron chi connectivity index (χ2n) is 5.13. The van der Waals surface area contributed by atoms with Crippen LogP contribution in [0.5, 0.6) is 0 Å². The van der Waals surface area contributed by atoms with Crippen LogP contribution in [0.25, 0.3) is 0 Å². The van der Waals surface area contributed by atoms with Gasteiger partial charge in [-0.05, 0) is 38.3 Å². The van der Waals surface area contributed by atoms with Gasteiger partial charge in [-0.3, -0.25) is 0 Å². The summed E-state index contributed by atoms with van der Waals surface area (Å²) in [5.74, 6) is -0.301. The zero-order valence-electron chi connectivity index (χ0n) is 11.2. The lowest BCUT2D eigenvalue weighted by molar-refractivity contribution is 0.194. The molecule has 0 heterocycles. The fourth-order valence-electron chi connectivity index (χ4n) is 2.40. The first-order chi connectivity index (χ1) is 8.65. The maximum atomic E-state index is 13.9. The number of benzene rings is 1. The summed E-state index contributed by atoms with van der Waals surface area (Å²) in [4.78, 5) is 2.27. The second kappa shape index (κ2) is 5.70. The van der Waals surface area contributed by atoms with E-state index in [0.717, 1.165) is 25.1 Å². The molecule has 2 rings (SSSR count). The molecule has 1 N–H and O–H groups in total. The maximum Gasteiger partial charge on any atom is 0.131 e. The molecule has 0 amide bonds. The Morgan fingerprint density at radius 1 is 1.44 bits per heavy atom. The lowest BCUT2D eigenvalue weighted by Crippen LogP contribution is -2.28. The van der Waals surface area contributed by atoms with Crippen LogP contribution in [0.4, 0.5) is 10.1 Å². The van der Waals surface area contributed by atoms with Crippen molar-refractivity contribution in [2.75, 3.05) is 11.4 Å². The number of hydrogen-bond acceptors (Lipinski definition) is 2. The average Bonchev–Trinajstić information content (AvgIpc) is 3.13. The summed E-state index contributed by atoms with van der Waals surface area (Å²) in [6, 6.07) is 5.63. The molecule has 3 heteroatoms. The van der Waals surface area contributed by atoms with Crippen LogP contribution < -0.4 is 4.90 Å². The molecular formula is C15H22FNO. The van der Waals surface area contributed by atoms with Crippen LogP contribution in [0.15, 0.2) is 18.2 Å². The predicted octanol–water partition coefficient (Wildman–Crippen LogP) is 3.65. The predicted molar refractivity (Wildman–Crippen MR) is 72.3 cm³/mol. The number of rotatable bonds is 6. The van der Waals surface area contributed by atoms with Crippen molar-refractivity contribution in [2.45, 2.75) is 51.7 Å². The minimum absolute atomic E-state index is 0.301. The first-order valence-corrected chi connectivity index (χ1v) is 6.88. The first-order valence-electron chi connectivity index (χ1n) is 6.88.